The Hall–Kier alpha value is 1.77. The third-order valence-electron chi connectivity index (χ3n) is 2.88. The first-order valence-electron chi connectivity index (χ1n) is 10.1. The molecule has 1 aromatic rings. The molecular formula is C15H30N3O6P3S6. The maximum atomic E-state index is 5.74. The quantitative estimate of drug-likeness (QED) is 0.155. The lowest BCUT2D eigenvalue weighted by Gasteiger charge is -2.22. The molecule has 0 atom stereocenters. The molecule has 0 aliphatic heterocycles. The third-order valence-corrected chi connectivity index (χ3v) is 17.3. The Kier molecular flexibility index (Phi) is 16.5. The molecule has 33 heavy (non-hydrogen) atoms. The van der Waals surface area contributed by atoms with Crippen LogP contribution in [0.5, 0.6) is 0 Å². The SMILES string of the molecule is CCOP(=S)(OCC)Sc1nc(SP(=S)(OCC)OCC)nc(SP(=S)(OCC)OCC)n1. The fourth-order valence-corrected chi connectivity index (χ4v) is 15.0. The summed E-state index contributed by atoms with van der Waals surface area (Å²) in [6, 6.07) is 0. The lowest BCUT2D eigenvalue weighted by atomic mass is 10.9. The van der Waals surface area contributed by atoms with Crippen molar-refractivity contribution < 1.29 is 27.1 Å². The monoisotopic (exact) mass is 633 g/mol. The van der Waals surface area contributed by atoms with Crippen molar-refractivity contribution in [2.45, 2.75) is 57.0 Å². The van der Waals surface area contributed by atoms with E-state index >= 15 is 0 Å². The molecular weight excluding hydrogens is 604 g/mol. The Bertz CT molecular complexity index is 734. The molecule has 192 valence electrons. The van der Waals surface area contributed by atoms with Gasteiger partial charge in [0, 0.05) is 34.1 Å². The largest absolute Gasteiger partial charge is 0.322 e. The van der Waals surface area contributed by atoms with Crippen LogP contribution in [0.3, 0.4) is 0 Å². The van der Waals surface area contributed by atoms with Crippen LogP contribution in [0, 0.1) is 0 Å². The molecule has 0 spiro atoms. The summed E-state index contributed by atoms with van der Waals surface area (Å²) in [4.78, 5) is 13.6. The van der Waals surface area contributed by atoms with Crippen molar-refractivity contribution in [3.63, 3.8) is 0 Å². The number of rotatable bonds is 18. The van der Waals surface area contributed by atoms with Gasteiger partial charge in [-0.15, -0.1) is 0 Å². The Morgan fingerprint density at radius 1 is 0.485 bits per heavy atom. The van der Waals surface area contributed by atoms with Crippen molar-refractivity contribution in [1.29, 1.82) is 0 Å². The minimum absolute atomic E-state index is 0.337. The first kappa shape index (κ1) is 32.8. The topological polar surface area (TPSA) is 94.1 Å². The highest BCUT2D eigenvalue weighted by atomic mass is 32.9. The zero-order valence-electron chi connectivity index (χ0n) is 19.3. The van der Waals surface area contributed by atoms with Gasteiger partial charge in [-0.25, -0.2) is 0 Å². The first-order chi connectivity index (χ1) is 15.6. The second-order valence-corrected chi connectivity index (χ2v) is 23.6. The fourth-order valence-electron chi connectivity index (χ4n) is 1.96. The number of aromatic nitrogens is 3. The van der Waals surface area contributed by atoms with Crippen LogP contribution < -0.4 is 0 Å². The van der Waals surface area contributed by atoms with Gasteiger partial charge in [0.25, 0.3) is 17.1 Å². The van der Waals surface area contributed by atoms with Crippen LogP contribution in [0.25, 0.3) is 0 Å². The van der Waals surface area contributed by atoms with Crippen LogP contribution >= 0.6 is 51.2 Å². The molecule has 1 rings (SSSR count). The van der Waals surface area contributed by atoms with E-state index in [-0.39, 0.29) is 0 Å². The molecule has 0 saturated heterocycles. The highest BCUT2D eigenvalue weighted by Gasteiger charge is 2.29. The zero-order valence-corrected chi connectivity index (χ0v) is 26.9. The Morgan fingerprint density at radius 2 is 0.667 bits per heavy atom. The normalized spacial score (nSPS) is 12.9. The highest BCUT2D eigenvalue weighted by molar-refractivity contribution is 8.68. The summed E-state index contributed by atoms with van der Waals surface area (Å²) in [5.41, 5.74) is -8.14. The molecule has 9 nitrogen and oxygen atoms in total. The van der Waals surface area contributed by atoms with E-state index in [0.717, 1.165) is 34.1 Å². The molecule has 0 amide bonds. The number of hydrogen-bond acceptors (Lipinski definition) is 15. The molecule has 0 radical (unpaired) electrons. The molecule has 0 saturated carbocycles. The minimum Gasteiger partial charge on any atom is -0.322 e. The van der Waals surface area contributed by atoms with Crippen LogP contribution in [0.4, 0.5) is 0 Å². The van der Waals surface area contributed by atoms with E-state index in [1.807, 2.05) is 41.5 Å². The predicted molar refractivity (Wildman–Crippen MR) is 150 cm³/mol. The van der Waals surface area contributed by atoms with Crippen molar-refractivity contribution in [3.8, 4) is 0 Å². The van der Waals surface area contributed by atoms with E-state index in [4.69, 9.17) is 62.6 Å². The third kappa shape index (κ3) is 12.2. The van der Waals surface area contributed by atoms with E-state index in [1.54, 1.807) is 0 Å². The molecule has 0 aliphatic rings. The van der Waals surface area contributed by atoms with Gasteiger partial charge in [0.15, 0.2) is 0 Å². The van der Waals surface area contributed by atoms with Gasteiger partial charge >= 0.3 is 0 Å². The number of nitrogens with zero attached hydrogens (tertiary/aromatic N) is 3. The van der Waals surface area contributed by atoms with Crippen molar-refractivity contribution in [2.24, 2.45) is 0 Å². The summed E-state index contributed by atoms with van der Waals surface area (Å²) in [7, 11) is 0. The number of hydrogen-bond donors (Lipinski definition) is 0. The summed E-state index contributed by atoms with van der Waals surface area (Å²) in [5.74, 6) is 0. The molecule has 0 aromatic carbocycles. The molecule has 1 aromatic heterocycles. The lowest BCUT2D eigenvalue weighted by molar-refractivity contribution is 0.280. The van der Waals surface area contributed by atoms with Crippen molar-refractivity contribution in [1.82, 2.24) is 15.0 Å². The van der Waals surface area contributed by atoms with E-state index in [2.05, 4.69) is 15.0 Å². The van der Waals surface area contributed by atoms with Crippen molar-refractivity contribution >= 4 is 86.6 Å². The van der Waals surface area contributed by atoms with Crippen molar-refractivity contribution in [2.75, 3.05) is 39.6 Å². The average molecular weight is 634 g/mol. The standard InChI is InChI=1S/C15H30N3O6P3S6/c1-7-19-25(28,20-8-2)31-13-16-14(32-26(29,21-9-3)22-10-4)18-15(17-13)33-27(30,23-11-5)24-12-6/h7-12H2,1-6H3. The van der Waals surface area contributed by atoms with E-state index < -0.39 is 17.1 Å². The summed E-state index contributed by atoms with van der Waals surface area (Å²) in [6.45, 7) is 13.6. The van der Waals surface area contributed by atoms with Crippen LogP contribution in [0.1, 0.15) is 41.5 Å². The van der Waals surface area contributed by atoms with Crippen LogP contribution in [-0.2, 0) is 62.6 Å². The lowest BCUT2D eigenvalue weighted by Crippen LogP contribution is -2.01. The van der Waals surface area contributed by atoms with Gasteiger partial charge in [0.2, 0.25) is 15.5 Å². The van der Waals surface area contributed by atoms with E-state index in [9.17, 15) is 0 Å². The van der Waals surface area contributed by atoms with Crippen LogP contribution in [0.2, 0.25) is 0 Å². The fraction of sp³-hybridized carbons (Fsp3) is 0.800. The molecule has 18 heteroatoms. The molecule has 0 fully saturated rings. The van der Waals surface area contributed by atoms with Crippen LogP contribution in [-0.4, -0.2) is 54.6 Å². The molecule has 1 heterocycles. The maximum absolute atomic E-state index is 5.74. The van der Waals surface area contributed by atoms with E-state index in [0.29, 0.717) is 55.1 Å². The Morgan fingerprint density at radius 3 is 0.818 bits per heavy atom. The van der Waals surface area contributed by atoms with Crippen molar-refractivity contribution in [3.05, 3.63) is 0 Å². The van der Waals surface area contributed by atoms with Crippen LogP contribution in [0.15, 0.2) is 15.5 Å². The first-order valence-corrected chi connectivity index (χ1v) is 22.3. The second-order valence-electron chi connectivity index (χ2n) is 5.31. The van der Waals surface area contributed by atoms with Gasteiger partial charge in [-0.1, -0.05) is 0 Å². The molecule has 0 N–H and O–H groups in total. The summed E-state index contributed by atoms with van der Waals surface area (Å²) in [5, 5.41) is 1.01. The molecule has 0 aliphatic carbocycles. The summed E-state index contributed by atoms with van der Waals surface area (Å²) < 4.78 is 34.4. The van der Waals surface area contributed by atoms with Gasteiger partial charge in [0.1, 0.15) is 0 Å². The van der Waals surface area contributed by atoms with Gasteiger partial charge in [-0.2, -0.15) is 15.0 Å². The Balaban J connectivity index is 3.44. The Labute approximate surface area is 224 Å². The average Bonchev–Trinajstić information content (AvgIpc) is 2.68. The summed E-state index contributed by atoms with van der Waals surface area (Å²) in [6.07, 6.45) is 0. The van der Waals surface area contributed by atoms with Gasteiger partial charge in [-0.3, -0.25) is 0 Å². The zero-order chi connectivity index (χ0) is 25.0. The molecule has 0 unspecified atom stereocenters. The second kappa shape index (κ2) is 16.6. The highest BCUT2D eigenvalue weighted by Crippen LogP contribution is 2.67. The minimum atomic E-state index is -2.71. The van der Waals surface area contributed by atoms with Gasteiger partial charge in [0.05, 0.1) is 39.6 Å². The summed E-state index contributed by atoms with van der Waals surface area (Å²) >= 11 is 20.4. The molecule has 0 bridgehead atoms. The smallest absolute Gasteiger partial charge is 0.255 e. The van der Waals surface area contributed by atoms with Gasteiger partial charge in [-0.05, 0) is 77.0 Å². The van der Waals surface area contributed by atoms with Gasteiger partial charge < -0.3 is 27.1 Å². The maximum Gasteiger partial charge on any atom is 0.255 e. The predicted octanol–water partition coefficient (Wildman–Crippen LogP) is 7.04. The van der Waals surface area contributed by atoms with E-state index in [1.165, 1.54) is 0 Å².